The molecule has 5 heteroatoms. The molecule has 3 aliphatic rings. The second-order valence-corrected chi connectivity index (χ2v) is 6.62. The number of fused-ring (bicyclic) bond motifs is 3. The second kappa shape index (κ2) is 5.81. The van der Waals surface area contributed by atoms with Crippen LogP contribution in [0.1, 0.15) is 29.1 Å². The molecule has 1 aromatic heterocycles. The fourth-order valence-corrected chi connectivity index (χ4v) is 3.67. The van der Waals surface area contributed by atoms with Crippen LogP contribution in [0.15, 0.2) is 34.9 Å². The first-order valence-corrected chi connectivity index (χ1v) is 8.25. The zero-order valence-electron chi connectivity index (χ0n) is 13.3. The first kappa shape index (κ1) is 14.5. The molecule has 3 fully saturated rings. The Balaban J connectivity index is 1.47. The number of benzene rings is 1. The number of aromatic nitrogens is 1. The molecule has 23 heavy (non-hydrogen) atoms. The van der Waals surface area contributed by atoms with Crippen molar-refractivity contribution in [3.05, 3.63) is 41.9 Å². The zero-order valence-corrected chi connectivity index (χ0v) is 13.3. The van der Waals surface area contributed by atoms with Gasteiger partial charge in [-0.1, -0.05) is 23.8 Å². The number of hydrogen-bond donors (Lipinski definition) is 1. The molecule has 0 saturated carbocycles. The van der Waals surface area contributed by atoms with Crippen molar-refractivity contribution in [1.82, 2.24) is 15.2 Å². The van der Waals surface area contributed by atoms with Crippen LogP contribution in [0, 0.1) is 12.8 Å². The number of nitrogens with one attached hydrogen (secondary N) is 1. The molecular weight excluding hydrogens is 290 g/mol. The summed E-state index contributed by atoms with van der Waals surface area (Å²) in [6, 6.07) is 8.21. The molecule has 2 bridgehead atoms. The highest BCUT2D eigenvalue weighted by Gasteiger charge is 2.35. The van der Waals surface area contributed by atoms with Gasteiger partial charge in [-0.25, -0.2) is 4.98 Å². The van der Waals surface area contributed by atoms with Crippen molar-refractivity contribution < 1.29 is 9.21 Å². The number of hydrogen-bond acceptors (Lipinski definition) is 4. The average molecular weight is 311 g/mol. The van der Waals surface area contributed by atoms with E-state index in [0.29, 0.717) is 11.7 Å². The predicted molar refractivity (Wildman–Crippen MR) is 87.1 cm³/mol. The predicted octanol–water partition coefficient (Wildman–Crippen LogP) is 2.47. The van der Waals surface area contributed by atoms with E-state index < -0.39 is 0 Å². The smallest absolute Gasteiger partial charge is 0.307 e. The van der Waals surface area contributed by atoms with E-state index in [1.807, 2.05) is 31.2 Å². The number of oxazole rings is 1. The molecular formula is C18H21N3O2. The van der Waals surface area contributed by atoms with E-state index in [0.717, 1.165) is 30.8 Å². The van der Waals surface area contributed by atoms with Crippen LogP contribution >= 0.6 is 0 Å². The lowest BCUT2D eigenvalue weighted by molar-refractivity contribution is 0.0602. The zero-order chi connectivity index (χ0) is 15.8. The third-order valence-corrected chi connectivity index (χ3v) is 4.98. The molecule has 1 aromatic carbocycles. The molecule has 0 aliphatic carbocycles. The van der Waals surface area contributed by atoms with Gasteiger partial charge < -0.3 is 14.6 Å². The van der Waals surface area contributed by atoms with E-state index in [4.69, 9.17) is 4.42 Å². The molecule has 2 aromatic rings. The lowest BCUT2D eigenvalue weighted by Crippen LogP contribution is -2.57. The average Bonchev–Trinajstić information content (AvgIpc) is 3.06. The SMILES string of the molecule is Cc1cccc(-c2cnc(C(=O)NC3CN4CCC3CC4)o2)c1. The van der Waals surface area contributed by atoms with Gasteiger partial charge in [0.1, 0.15) is 0 Å². The number of piperidine rings is 3. The Labute approximate surface area is 135 Å². The highest BCUT2D eigenvalue weighted by Crippen LogP contribution is 2.28. The Morgan fingerprint density at radius 2 is 2.17 bits per heavy atom. The quantitative estimate of drug-likeness (QED) is 0.946. The molecule has 1 N–H and O–H groups in total. The van der Waals surface area contributed by atoms with Crippen LogP contribution in [0.4, 0.5) is 0 Å². The van der Waals surface area contributed by atoms with Crippen LogP contribution in [0.2, 0.25) is 0 Å². The highest BCUT2D eigenvalue weighted by atomic mass is 16.4. The maximum atomic E-state index is 12.4. The van der Waals surface area contributed by atoms with Crippen LogP contribution < -0.4 is 5.32 Å². The molecule has 0 spiro atoms. The van der Waals surface area contributed by atoms with E-state index >= 15 is 0 Å². The van der Waals surface area contributed by atoms with Gasteiger partial charge in [-0.05, 0) is 44.8 Å². The van der Waals surface area contributed by atoms with E-state index in [9.17, 15) is 4.79 Å². The number of rotatable bonds is 3. The van der Waals surface area contributed by atoms with Crippen molar-refractivity contribution in [3.8, 4) is 11.3 Å². The van der Waals surface area contributed by atoms with Crippen LogP contribution in [0.5, 0.6) is 0 Å². The van der Waals surface area contributed by atoms with Gasteiger partial charge in [0.15, 0.2) is 5.76 Å². The fourth-order valence-electron chi connectivity index (χ4n) is 3.67. The van der Waals surface area contributed by atoms with Crippen LogP contribution in [0.25, 0.3) is 11.3 Å². The first-order chi connectivity index (χ1) is 11.2. The normalized spacial score (nSPS) is 26.2. The Hall–Kier alpha value is -2.14. The summed E-state index contributed by atoms with van der Waals surface area (Å²) in [6.45, 7) is 5.30. The molecule has 1 unspecified atom stereocenters. The molecule has 5 nitrogen and oxygen atoms in total. The minimum Gasteiger partial charge on any atom is -0.432 e. The molecule has 4 heterocycles. The lowest BCUT2D eigenvalue weighted by atomic mass is 9.84. The minimum atomic E-state index is -0.206. The summed E-state index contributed by atoms with van der Waals surface area (Å²) in [5, 5.41) is 3.11. The summed E-state index contributed by atoms with van der Waals surface area (Å²) in [7, 11) is 0. The Morgan fingerprint density at radius 1 is 1.35 bits per heavy atom. The van der Waals surface area contributed by atoms with Gasteiger partial charge in [0.2, 0.25) is 0 Å². The van der Waals surface area contributed by atoms with Crippen molar-refractivity contribution in [3.63, 3.8) is 0 Å². The number of carbonyl (C=O) groups is 1. The third kappa shape index (κ3) is 2.88. The first-order valence-electron chi connectivity index (χ1n) is 8.25. The Kier molecular flexibility index (Phi) is 3.65. The van der Waals surface area contributed by atoms with Crippen molar-refractivity contribution >= 4 is 5.91 Å². The minimum absolute atomic E-state index is 0.151. The van der Waals surface area contributed by atoms with Crippen molar-refractivity contribution in [2.75, 3.05) is 19.6 Å². The molecule has 3 aliphatic heterocycles. The lowest BCUT2D eigenvalue weighted by Gasteiger charge is -2.44. The van der Waals surface area contributed by atoms with Crippen LogP contribution in [0.3, 0.4) is 0 Å². The molecule has 0 radical (unpaired) electrons. The topological polar surface area (TPSA) is 58.4 Å². The third-order valence-electron chi connectivity index (χ3n) is 4.98. The van der Waals surface area contributed by atoms with Gasteiger partial charge in [-0.15, -0.1) is 0 Å². The number of carbonyl (C=O) groups excluding carboxylic acids is 1. The summed E-state index contributed by atoms with van der Waals surface area (Å²) in [6.07, 6.45) is 3.97. The molecule has 5 rings (SSSR count). The van der Waals surface area contributed by atoms with Gasteiger partial charge in [0.25, 0.3) is 5.89 Å². The van der Waals surface area contributed by atoms with Crippen molar-refractivity contribution in [2.24, 2.45) is 5.92 Å². The standard InChI is InChI=1S/C18H21N3O2/c1-12-3-2-4-14(9-12)16-10-19-18(23-16)17(22)20-15-11-21-7-5-13(15)6-8-21/h2-4,9-10,13,15H,5-8,11H2,1H3,(H,20,22). The van der Waals surface area contributed by atoms with E-state index in [1.54, 1.807) is 6.20 Å². The number of aryl methyl sites for hydroxylation is 1. The monoisotopic (exact) mass is 311 g/mol. The fraction of sp³-hybridized carbons (Fsp3) is 0.444. The van der Waals surface area contributed by atoms with Crippen LogP contribution in [-0.4, -0.2) is 41.5 Å². The number of nitrogens with zero attached hydrogens (tertiary/aromatic N) is 2. The highest BCUT2D eigenvalue weighted by molar-refractivity contribution is 5.90. The van der Waals surface area contributed by atoms with Gasteiger partial charge in [-0.3, -0.25) is 4.79 Å². The molecule has 3 saturated heterocycles. The van der Waals surface area contributed by atoms with E-state index in [-0.39, 0.29) is 17.8 Å². The van der Waals surface area contributed by atoms with Gasteiger partial charge in [0, 0.05) is 18.2 Å². The van der Waals surface area contributed by atoms with Gasteiger partial charge in [-0.2, -0.15) is 0 Å². The van der Waals surface area contributed by atoms with Gasteiger partial charge >= 0.3 is 5.91 Å². The molecule has 1 amide bonds. The molecule has 1 atom stereocenters. The maximum absolute atomic E-state index is 12.4. The summed E-state index contributed by atoms with van der Waals surface area (Å²) in [5.74, 6) is 1.17. The largest absolute Gasteiger partial charge is 0.432 e. The van der Waals surface area contributed by atoms with Crippen molar-refractivity contribution in [1.29, 1.82) is 0 Å². The van der Waals surface area contributed by atoms with Crippen LogP contribution in [-0.2, 0) is 0 Å². The molecule has 120 valence electrons. The Morgan fingerprint density at radius 3 is 2.87 bits per heavy atom. The van der Waals surface area contributed by atoms with Gasteiger partial charge in [0.05, 0.1) is 6.20 Å². The van der Waals surface area contributed by atoms with E-state index in [2.05, 4.69) is 15.2 Å². The summed E-state index contributed by atoms with van der Waals surface area (Å²) >= 11 is 0. The summed E-state index contributed by atoms with van der Waals surface area (Å²) < 4.78 is 5.67. The summed E-state index contributed by atoms with van der Waals surface area (Å²) in [5.41, 5.74) is 2.09. The maximum Gasteiger partial charge on any atom is 0.307 e. The second-order valence-electron chi connectivity index (χ2n) is 6.62. The van der Waals surface area contributed by atoms with E-state index in [1.165, 1.54) is 12.8 Å². The number of amides is 1. The van der Waals surface area contributed by atoms with Crippen molar-refractivity contribution in [2.45, 2.75) is 25.8 Å². The summed E-state index contributed by atoms with van der Waals surface area (Å²) in [4.78, 5) is 19.0. The Bertz CT molecular complexity index is 717.